The van der Waals surface area contributed by atoms with Gasteiger partial charge in [-0.25, -0.2) is 4.98 Å². The molecule has 0 bridgehead atoms. The van der Waals surface area contributed by atoms with Gasteiger partial charge >= 0.3 is 0 Å². The topological polar surface area (TPSA) is 54.9 Å². The van der Waals surface area contributed by atoms with Crippen LogP contribution in [0, 0.1) is 0 Å². The quantitative estimate of drug-likeness (QED) is 0.706. The lowest BCUT2D eigenvalue weighted by atomic mass is 10.1. The second-order valence-corrected chi connectivity index (χ2v) is 5.98. The molecule has 2 heterocycles. The highest BCUT2D eigenvalue weighted by molar-refractivity contribution is 7.13. The van der Waals surface area contributed by atoms with Gasteiger partial charge in [-0.05, 0) is 30.5 Å². The Kier molecular flexibility index (Phi) is 5.11. The highest BCUT2D eigenvalue weighted by Gasteiger charge is 2.11. The molecule has 3 rings (SSSR count). The van der Waals surface area contributed by atoms with Gasteiger partial charge in [0.25, 0.3) is 5.91 Å². The van der Waals surface area contributed by atoms with Gasteiger partial charge in [-0.3, -0.25) is 9.78 Å². The number of aromatic nitrogens is 2. The maximum absolute atomic E-state index is 12.1. The number of hydrogen-bond donors (Lipinski definition) is 1. The van der Waals surface area contributed by atoms with Crippen molar-refractivity contribution in [2.45, 2.75) is 12.8 Å². The Morgan fingerprint density at radius 2 is 2.00 bits per heavy atom. The Morgan fingerprint density at radius 1 is 1.13 bits per heavy atom. The van der Waals surface area contributed by atoms with E-state index in [9.17, 15) is 4.79 Å². The SMILES string of the molecule is O=C(NCCCc1ccccc1)c1csc(-c2cccnc2)n1. The van der Waals surface area contributed by atoms with E-state index in [0.717, 1.165) is 23.4 Å². The van der Waals surface area contributed by atoms with Gasteiger partial charge in [0, 0.05) is 29.9 Å². The van der Waals surface area contributed by atoms with Crippen molar-refractivity contribution >= 4 is 17.2 Å². The highest BCUT2D eigenvalue weighted by atomic mass is 32.1. The van der Waals surface area contributed by atoms with Crippen LogP contribution in [0.4, 0.5) is 0 Å². The maximum Gasteiger partial charge on any atom is 0.270 e. The van der Waals surface area contributed by atoms with Crippen LogP contribution in [-0.2, 0) is 6.42 Å². The van der Waals surface area contributed by atoms with Gasteiger partial charge in [0.1, 0.15) is 10.7 Å². The van der Waals surface area contributed by atoms with E-state index in [1.807, 2.05) is 30.3 Å². The van der Waals surface area contributed by atoms with Crippen molar-refractivity contribution < 1.29 is 4.79 Å². The summed E-state index contributed by atoms with van der Waals surface area (Å²) in [5.74, 6) is -0.121. The number of nitrogens with one attached hydrogen (secondary N) is 1. The van der Waals surface area contributed by atoms with Crippen molar-refractivity contribution in [3.8, 4) is 10.6 Å². The van der Waals surface area contributed by atoms with Crippen molar-refractivity contribution in [3.63, 3.8) is 0 Å². The molecule has 0 aliphatic heterocycles. The molecule has 3 aromatic rings. The molecule has 0 spiro atoms. The second-order valence-electron chi connectivity index (χ2n) is 5.12. The van der Waals surface area contributed by atoms with Crippen LogP contribution in [0.3, 0.4) is 0 Å². The number of carbonyl (C=O) groups excluding carboxylic acids is 1. The lowest BCUT2D eigenvalue weighted by Crippen LogP contribution is -2.25. The minimum absolute atomic E-state index is 0.121. The lowest BCUT2D eigenvalue weighted by molar-refractivity contribution is 0.0949. The zero-order valence-corrected chi connectivity index (χ0v) is 13.4. The summed E-state index contributed by atoms with van der Waals surface area (Å²) < 4.78 is 0. The fourth-order valence-electron chi connectivity index (χ4n) is 2.23. The lowest BCUT2D eigenvalue weighted by Gasteiger charge is -2.03. The standard InChI is InChI=1S/C18H17N3OS/c22-17(20-11-4-8-14-6-2-1-3-7-14)16-13-23-18(21-16)15-9-5-10-19-12-15/h1-3,5-7,9-10,12-13H,4,8,11H2,(H,20,22). The van der Waals surface area contributed by atoms with Crippen molar-refractivity contribution in [3.05, 3.63) is 71.5 Å². The van der Waals surface area contributed by atoms with Crippen LogP contribution in [0.15, 0.2) is 60.2 Å². The van der Waals surface area contributed by atoms with Gasteiger partial charge in [-0.1, -0.05) is 30.3 Å². The smallest absolute Gasteiger partial charge is 0.270 e. The molecule has 1 N–H and O–H groups in total. The molecule has 0 saturated carbocycles. The maximum atomic E-state index is 12.1. The molecular formula is C18H17N3OS. The average Bonchev–Trinajstić information content (AvgIpc) is 3.10. The number of rotatable bonds is 6. The predicted molar refractivity (Wildman–Crippen MR) is 92.4 cm³/mol. The van der Waals surface area contributed by atoms with Gasteiger partial charge < -0.3 is 5.32 Å². The van der Waals surface area contributed by atoms with Crippen LogP contribution in [0.5, 0.6) is 0 Å². The van der Waals surface area contributed by atoms with Crippen LogP contribution in [0.25, 0.3) is 10.6 Å². The first-order chi connectivity index (χ1) is 11.3. The highest BCUT2D eigenvalue weighted by Crippen LogP contribution is 2.22. The molecule has 116 valence electrons. The van der Waals surface area contributed by atoms with Gasteiger partial charge in [0.15, 0.2) is 0 Å². The number of pyridine rings is 1. The van der Waals surface area contributed by atoms with E-state index in [2.05, 4.69) is 27.4 Å². The molecule has 1 amide bonds. The molecule has 23 heavy (non-hydrogen) atoms. The van der Waals surface area contributed by atoms with Crippen molar-refractivity contribution in [1.29, 1.82) is 0 Å². The molecule has 0 aliphatic rings. The van der Waals surface area contributed by atoms with Crippen LogP contribution in [0.1, 0.15) is 22.5 Å². The van der Waals surface area contributed by atoms with E-state index < -0.39 is 0 Å². The average molecular weight is 323 g/mol. The van der Waals surface area contributed by atoms with Gasteiger partial charge in [0.2, 0.25) is 0 Å². The monoisotopic (exact) mass is 323 g/mol. The molecule has 4 nitrogen and oxygen atoms in total. The summed E-state index contributed by atoms with van der Waals surface area (Å²) in [5.41, 5.74) is 2.68. The van der Waals surface area contributed by atoms with Crippen molar-refractivity contribution in [2.24, 2.45) is 0 Å². The van der Waals surface area contributed by atoms with Crippen LogP contribution < -0.4 is 5.32 Å². The Bertz CT molecular complexity index is 756. The van der Waals surface area contributed by atoms with E-state index in [1.54, 1.807) is 17.8 Å². The van der Waals surface area contributed by atoms with Crippen LogP contribution in [0.2, 0.25) is 0 Å². The van der Waals surface area contributed by atoms with E-state index in [4.69, 9.17) is 0 Å². The minimum Gasteiger partial charge on any atom is -0.351 e. The van der Waals surface area contributed by atoms with E-state index in [0.29, 0.717) is 12.2 Å². The molecule has 0 radical (unpaired) electrons. The number of hydrogen-bond acceptors (Lipinski definition) is 4. The molecular weight excluding hydrogens is 306 g/mol. The third-order valence-electron chi connectivity index (χ3n) is 3.42. The molecule has 0 aliphatic carbocycles. The summed E-state index contributed by atoms with van der Waals surface area (Å²) in [4.78, 5) is 20.6. The molecule has 0 atom stereocenters. The largest absolute Gasteiger partial charge is 0.351 e. The molecule has 0 unspecified atom stereocenters. The molecule has 1 aromatic carbocycles. The summed E-state index contributed by atoms with van der Waals surface area (Å²) in [7, 11) is 0. The first kappa shape index (κ1) is 15.4. The summed E-state index contributed by atoms with van der Waals surface area (Å²) in [6.45, 7) is 0.646. The molecule has 0 saturated heterocycles. The normalized spacial score (nSPS) is 10.4. The van der Waals surface area contributed by atoms with Crippen molar-refractivity contribution in [1.82, 2.24) is 15.3 Å². The minimum atomic E-state index is -0.121. The number of nitrogens with zero attached hydrogens (tertiary/aromatic N) is 2. The number of amides is 1. The fourth-order valence-corrected chi connectivity index (χ4v) is 3.02. The van der Waals surface area contributed by atoms with Crippen LogP contribution in [-0.4, -0.2) is 22.4 Å². The van der Waals surface area contributed by atoms with E-state index >= 15 is 0 Å². The van der Waals surface area contributed by atoms with E-state index in [-0.39, 0.29) is 5.91 Å². The first-order valence-corrected chi connectivity index (χ1v) is 8.39. The third kappa shape index (κ3) is 4.23. The zero-order chi connectivity index (χ0) is 15.9. The molecule has 5 heteroatoms. The van der Waals surface area contributed by atoms with E-state index in [1.165, 1.54) is 16.9 Å². The summed E-state index contributed by atoms with van der Waals surface area (Å²) >= 11 is 1.46. The second kappa shape index (κ2) is 7.65. The number of benzene rings is 1. The van der Waals surface area contributed by atoms with Gasteiger partial charge in [-0.2, -0.15) is 0 Å². The third-order valence-corrected chi connectivity index (χ3v) is 4.31. The van der Waals surface area contributed by atoms with Crippen molar-refractivity contribution in [2.75, 3.05) is 6.54 Å². The Balaban J connectivity index is 1.50. The zero-order valence-electron chi connectivity index (χ0n) is 12.6. The molecule has 2 aromatic heterocycles. The molecule has 0 fully saturated rings. The Morgan fingerprint density at radius 3 is 2.78 bits per heavy atom. The number of aryl methyl sites for hydroxylation is 1. The fraction of sp³-hybridized carbons (Fsp3) is 0.167. The number of thiazole rings is 1. The first-order valence-electron chi connectivity index (χ1n) is 7.51. The Hall–Kier alpha value is -2.53. The van der Waals surface area contributed by atoms with Gasteiger partial charge in [0.05, 0.1) is 0 Å². The Labute approximate surface area is 139 Å². The summed E-state index contributed by atoms with van der Waals surface area (Å²) in [6.07, 6.45) is 5.34. The predicted octanol–water partition coefficient (Wildman–Crippen LogP) is 3.57. The van der Waals surface area contributed by atoms with Crippen LogP contribution >= 0.6 is 11.3 Å². The number of carbonyl (C=O) groups is 1. The summed E-state index contributed by atoms with van der Waals surface area (Å²) in [5, 5.41) is 5.52. The summed E-state index contributed by atoms with van der Waals surface area (Å²) in [6, 6.07) is 14.1. The van der Waals surface area contributed by atoms with Gasteiger partial charge in [-0.15, -0.1) is 11.3 Å².